The molecule has 0 heterocycles. The van der Waals surface area contributed by atoms with E-state index in [2.05, 4.69) is 13.0 Å². The van der Waals surface area contributed by atoms with Gasteiger partial charge in [-0.1, -0.05) is 26.8 Å². The third kappa shape index (κ3) is 3.62. The van der Waals surface area contributed by atoms with E-state index < -0.39 is 18.1 Å². The third-order valence-corrected chi connectivity index (χ3v) is 4.42. The second kappa shape index (κ2) is 5.60. The molecule has 0 aromatic heterocycles. The van der Waals surface area contributed by atoms with Gasteiger partial charge in [-0.15, -0.1) is 0 Å². The van der Waals surface area contributed by atoms with E-state index in [4.69, 9.17) is 0 Å². The van der Waals surface area contributed by atoms with Crippen LogP contribution in [0.2, 0.25) is 0 Å². The van der Waals surface area contributed by atoms with Crippen LogP contribution in [0.25, 0.3) is 0 Å². The van der Waals surface area contributed by atoms with Crippen molar-refractivity contribution in [2.45, 2.75) is 64.1 Å². The second-order valence-electron chi connectivity index (χ2n) is 6.80. The zero-order chi connectivity index (χ0) is 16.7. The number of carbonyl (C=O) groups excluding carboxylic acids is 1. The molecule has 1 saturated carbocycles. The smallest absolute Gasteiger partial charge is 0.341 e. The summed E-state index contributed by atoms with van der Waals surface area (Å²) in [5, 5.41) is 2.04. The first-order valence-corrected chi connectivity index (χ1v) is 7.56. The fourth-order valence-electron chi connectivity index (χ4n) is 2.30. The standard InChI is InChI=1S/C17H22F3NO/c1-10(2)12-7-13(9-14(8-12)16(4)5-6-16)15(22)21-11(3)17(18,19)20/h7-11H,5-6H2,1-4H3,(H,21,22)/t11-/m1/s1. The van der Waals surface area contributed by atoms with Crippen molar-refractivity contribution in [2.75, 3.05) is 0 Å². The predicted molar refractivity (Wildman–Crippen MR) is 80.1 cm³/mol. The summed E-state index contributed by atoms with van der Waals surface area (Å²) in [4.78, 5) is 12.2. The number of rotatable bonds is 4. The summed E-state index contributed by atoms with van der Waals surface area (Å²) in [6.45, 7) is 7.09. The first kappa shape index (κ1) is 16.8. The number of benzene rings is 1. The van der Waals surface area contributed by atoms with Crippen molar-refractivity contribution in [3.8, 4) is 0 Å². The Morgan fingerprint density at radius 2 is 1.77 bits per heavy atom. The summed E-state index contributed by atoms with van der Waals surface area (Å²) in [6, 6.07) is 3.64. The molecule has 1 N–H and O–H groups in total. The topological polar surface area (TPSA) is 29.1 Å². The Balaban J connectivity index is 2.30. The van der Waals surface area contributed by atoms with Crippen LogP contribution in [-0.4, -0.2) is 18.1 Å². The number of hydrogen-bond donors (Lipinski definition) is 1. The number of halogens is 3. The van der Waals surface area contributed by atoms with E-state index in [0.29, 0.717) is 5.56 Å². The minimum Gasteiger partial charge on any atom is -0.341 e. The summed E-state index contributed by atoms with van der Waals surface area (Å²) in [5.74, 6) is -0.452. The van der Waals surface area contributed by atoms with Crippen molar-refractivity contribution >= 4 is 5.91 Å². The van der Waals surface area contributed by atoms with Crippen LogP contribution < -0.4 is 5.32 Å². The Morgan fingerprint density at radius 1 is 1.18 bits per heavy atom. The monoisotopic (exact) mass is 313 g/mol. The molecule has 1 aliphatic rings. The average Bonchev–Trinajstić information content (AvgIpc) is 3.16. The molecule has 0 aliphatic heterocycles. The highest BCUT2D eigenvalue weighted by molar-refractivity contribution is 5.95. The van der Waals surface area contributed by atoms with Gasteiger partial charge in [-0.05, 0) is 54.4 Å². The molecule has 2 nitrogen and oxygen atoms in total. The Bertz CT molecular complexity index is 574. The van der Waals surface area contributed by atoms with Crippen LogP contribution >= 0.6 is 0 Å². The van der Waals surface area contributed by atoms with Gasteiger partial charge in [-0.3, -0.25) is 4.79 Å². The quantitative estimate of drug-likeness (QED) is 0.868. The molecule has 0 bridgehead atoms. The predicted octanol–water partition coefficient (Wildman–Crippen LogP) is 4.54. The fraction of sp³-hybridized carbons (Fsp3) is 0.588. The number of nitrogens with one attached hydrogen (secondary N) is 1. The molecule has 1 aromatic carbocycles. The van der Waals surface area contributed by atoms with Crippen molar-refractivity contribution in [1.82, 2.24) is 5.32 Å². The van der Waals surface area contributed by atoms with Gasteiger partial charge in [0.15, 0.2) is 0 Å². The van der Waals surface area contributed by atoms with Gasteiger partial charge in [0.05, 0.1) is 0 Å². The van der Waals surface area contributed by atoms with Gasteiger partial charge in [-0.2, -0.15) is 13.2 Å². The summed E-state index contributed by atoms with van der Waals surface area (Å²) >= 11 is 0. The van der Waals surface area contributed by atoms with Gasteiger partial charge in [0.1, 0.15) is 6.04 Å². The summed E-state index contributed by atoms with van der Waals surface area (Å²) in [6.07, 6.45) is -2.33. The number of hydrogen-bond acceptors (Lipinski definition) is 1. The fourth-order valence-corrected chi connectivity index (χ4v) is 2.30. The van der Waals surface area contributed by atoms with Crippen molar-refractivity contribution in [1.29, 1.82) is 0 Å². The maximum Gasteiger partial charge on any atom is 0.408 e. The van der Waals surface area contributed by atoms with Gasteiger partial charge >= 0.3 is 6.18 Å². The summed E-state index contributed by atoms with van der Waals surface area (Å²) in [7, 11) is 0. The van der Waals surface area contributed by atoms with E-state index in [0.717, 1.165) is 30.9 Å². The molecule has 1 aliphatic carbocycles. The molecule has 0 radical (unpaired) electrons. The third-order valence-electron chi connectivity index (χ3n) is 4.42. The lowest BCUT2D eigenvalue weighted by Crippen LogP contribution is -2.43. The van der Waals surface area contributed by atoms with Crippen LogP contribution in [-0.2, 0) is 5.41 Å². The minimum atomic E-state index is -4.43. The first-order chi connectivity index (χ1) is 10.0. The van der Waals surface area contributed by atoms with Gasteiger partial charge < -0.3 is 5.32 Å². The van der Waals surface area contributed by atoms with E-state index in [1.54, 1.807) is 12.1 Å². The van der Waals surface area contributed by atoms with E-state index in [1.807, 2.05) is 19.2 Å². The Hall–Kier alpha value is -1.52. The molecule has 5 heteroatoms. The Morgan fingerprint density at radius 3 is 2.23 bits per heavy atom. The van der Waals surface area contributed by atoms with E-state index in [9.17, 15) is 18.0 Å². The Kier molecular flexibility index (Phi) is 4.28. The number of amides is 1. The van der Waals surface area contributed by atoms with Gasteiger partial charge in [0.2, 0.25) is 0 Å². The van der Waals surface area contributed by atoms with Crippen molar-refractivity contribution in [3.63, 3.8) is 0 Å². The van der Waals surface area contributed by atoms with Crippen molar-refractivity contribution in [2.24, 2.45) is 0 Å². The largest absolute Gasteiger partial charge is 0.408 e. The minimum absolute atomic E-state index is 0.0651. The molecular formula is C17H22F3NO. The molecular weight excluding hydrogens is 291 g/mol. The van der Waals surface area contributed by atoms with E-state index in [1.165, 1.54) is 0 Å². The Labute approximate surface area is 129 Å². The first-order valence-electron chi connectivity index (χ1n) is 7.56. The molecule has 1 aromatic rings. The van der Waals surface area contributed by atoms with Gasteiger partial charge in [0, 0.05) is 5.56 Å². The summed E-state index contributed by atoms with van der Waals surface area (Å²) < 4.78 is 37.8. The highest BCUT2D eigenvalue weighted by Crippen LogP contribution is 2.48. The van der Waals surface area contributed by atoms with E-state index >= 15 is 0 Å². The molecule has 0 unspecified atom stereocenters. The SMILES string of the molecule is CC(C)c1cc(C(=O)N[C@H](C)C(F)(F)F)cc(C2(C)CC2)c1. The number of carbonyl (C=O) groups is 1. The molecule has 0 saturated heterocycles. The molecule has 1 atom stereocenters. The van der Waals surface area contributed by atoms with Crippen LogP contribution in [0, 0.1) is 0 Å². The molecule has 122 valence electrons. The summed E-state index contributed by atoms with van der Waals surface area (Å²) in [5.41, 5.74) is 2.40. The molecule has 22 heavy (non-hydrogen) atoms. The highest BCUT2D eigenvalue weighted by Gasteiger charge is 2.40. The maximum absolute atomic E-state index is 12.6. The van der Waals surface area contributed by atoms with Crippen LogP contribution in [0.3, 0.4) is 0 Å². The lowest BCUT2D eigenvalue weighted by Gasteiger charge is -2.19. The lowest BCUT2D eigenvalue weighted by molar-refractivity contribution is -0.149. The zero-order valence-corrected chi connectivity index (χ0v) is 13.3. The van der Waals surface area contributed by atoms with Crippen molar-refractivity contribution < 1.29 is 18.0 Å². The van der Waals surface area contributed by atoms with Crippen molar-refractivity contribution in [3.05, 3.63) is 34.9 Å². The van der Waals surface area contributed by atoms with Gasteiger partial charge in [-0.25, -0.2) is 0 Å². The second-order valence-corrected chi connectivity index (χ2v) is 6.80. The normalized spacial score (nSPS) is 18.2. The number of alkyl halides is 3. The van der Waals surface area contributed by atoms with Crippen LogP contribution in [0.1, 0.15) is 67.9 Å². The van der Waals surface area contributed by atoms with Crippen LogP contribution in [0.4, 0.5) is 13.2 Å². The van der Waals surface area contributed by atoms with Gasteiger partial charge in [0.25, 0.3) is 5.91 Å². The highest BCUT2D eigenvalue weighted by atomic mass is 19.4. The molecule has 0 spiro atoms. The lowest BCUT2D eigenvalue weighted by atomic mass is 9.90. The molecule has 1 fully saturated rings. The van der Waals surface area contributed by atoms with Crippen LogP contribution in [0.5, 0.6) is 0 Å². The average molecular weight is 313 g/mol. The zero-order valence-electron chi connectivity index (χ0n) is 13.3. The molecule has 1 amide bonds. The molecule has 2 rings (SSSR count). The van der Waals surface area contributed by atoms with Crippen LogP contribution in [0.15, 0.2) is 18.2 Å². The van der Waals surface area contributed by atoms with E-state index in [-0.39, 0.29) is 11.3 Å². The maximum atomic E-state index is 12.6.